The number of rotatable bonds is 3. The van der Waals surface area contributed by atoms with Gasteiger partial charge in [-0.25, -0.2) is 4.98 Å². The number of carbonyl (C=O) groups excluding carboxylic acids is 1. The zero-order valence-electron chi connectivity index (χ0n) is 12.8. The van der Waals surface area contributed by atoms with Crippen LogP contribution in [0.4, 0.5) is 11.6 Å². The molecule has 0 aliphatic rings. The van der Waals surface area contributed by atoms with E-state index in [2.05, 4.69) is 15.3 Å². The Morgan fingerprint density at radius 3 is 2.64 bits per heavy atom. The molecule has 0 aliphatic heterocycles. The van der Waals surface area contributed by atoms with Crippen molar-refractivity contribution in [2.24, 2.45) is 0 Å². The van der Waals surface area contributed by atoms with Crippen molar-refractivity contribution in [3.05, 3.63) is 53.6 Å². The molecule has 5 heteroatoms. The molecule has 0 bridgehead atoms. The molecule has 2 aromatic carbocycles. The van der Waals surface area contributed by atoms with Crippen LogP contribution in [-0.4, -0.2) is 30.0 Å². The number of hydrogen-bond acceptors (Lipinski definition) is 3. The third-order valence-corrected chi connectivity index (χ3v) is 3.56. The summed E-state index contributed by atoms with van der Waals surface area (Å²) in [6, 6.07) is 13.3. The van der Waals surface area contributed by atoms with Crippen LogP contribution >= 0.6 is 0 Å². The van der Waals surface area contributed by atoms with Gasteiger partial charge in [0.05, 0.1) is 11.0 Å². The molecule has 112 valence electrons. The summed E-state index contributed by atoms with van der Waals surface area (Å²) in [6.45, 7) is 1.99. The molecule has 0 spiro atoms. The number of anilines is 2. The van der Waals surface area contributed by atoms with Crippen molar-refractivity contribution in [3.63, 3.8) is 0 Å². The number of amides is 1. The molecule has 1 amide bonds. The Bertz CT molecular complexity index is 803. The van der Waals surface area contributed by atoms with E-state index in [4.69, 9.17) is 0 Å². The lowest BCUT2D eigenvalue weighted by atomic mass is 10.1. The molecule has 1 aromatic heterocycles. The minimum Gasteiger partial charge on any atom is -0.377 e. The molecule has 0 fully saturated rings. The van der Waals surface area contributed by atoms with Crippen LogP contribution in [-0.2, 0) is 0 Å². The van der Waals surface area contributed by atoms with Crippen LogP contribution in [0.3, 0.4) is 0 Å². The second-order valence-corrected chi connectivity index (χ2v) is 5.45. The standard InChI is InChI=1S/C17H18N4O/c1-11-10-12(8-9-15(11)21(2)3)16(22)20-17-18-13-6-4-5-7-14(13)19-17/h4-10H,1-3H3,(H2,18,19,20,22). The van der Waals surface area contributed by atoms with Crippen LogP contribution in [0.25, 0.3) is 11.0 Å². The summed E-state index contributed by atoms with van der Waals surface area (Å²) in [5.41, 5.74) is 4.50. The molecular weight excluding hydrogens is 276 g/mol. The molecule has 3 rings (SSSR count). The summed E-state index contributed by atoms with van der Waals surface area (Å²) < 4.78 is 0. The Morgan fingerprint density at radius 1 is 1.18 bits per heavy atom. The van der Waals surface area contributed by atoms with Gasteiger partial charge in [0, 0.05) is 25.3 Å². The number of nitrogens with one attached hydrogen (secondary N) is 2. The van der Waals surface area contributed by atoms with E-state index in [1.807, 2.05) is 68.4 Å². The maximum absolute atomic E-state index is 12.3. The quantitative estimate of drug-likeness (QED) is 0.780. The lowest BCUT2D eigenvalue weighted by Gasteiger charge is -2.16. The highest BCUT2D eigenvalue weighted by molar-refractivity contribution is 6.04. The first-order valence-corrected chi connectivity index (χ1v) is 7.08. The predicted octanol–water partition coefficient (Wildman–Crippen LogP) is 3.19. The van der Waals surface area contributed by atoms with Crippen molar-refractivity contribution in [3.8, 4) is 0 Å². The van der Waals surface area contributed by atoms with Gasteiger partial charge < -0.3 is 9.88 Å². The Morgan fingerprint density at radius 2 is 1.95 bits per heavy atom. The Labute approximate surface area is 129 Å². The zero-order chi connectivity index (χ0) is 15.7. The smallest absolute Gasteiger partial charge is 0.257 e. The molecule has 3 aromatic rings. The lowest BCUT2D eigenvalue weighted by molar-refractivity contribution is 0.102. The first-order chi connectivity index (χ1) is 10.5. The number of nitrogens with zero attached hydrogens (tertiary/aromatic N) is 2. The van der Waals surface area contributed by atoms with Gasteiger partial charge >= 0.3 is 0 Å². The van der Waals surface area contributed by atoms with Crippen molar-refractivity contribution < 1.29 is 4.79 Å². The second-order valence-electron chi connectivity index (χ2n) is 5.45. The number of carbonyl (C=O) groups is 1. The zero-order valence-corrected chi connectivity index (χ0v) is 12.8. The van der Waals surface area contributed by atoms with E-state index in [-0.39, 0.29) is 5.91 Å². The number of para-hydroxylation sites is 2. The Hall–Kier alpha value is -2.82. The van der Waals surface area contributed by atoms with E-state index in [9.17, 15) is 4.79 Å². The molecule has 5 nitrogen and oxygen atoms in total. The predicted molar refractivity (Wildman–Crippen MR) is 89.6 cm³/mol. The summed E-state index contributed by atoms with van der Waals surface area (Å²) in [4.78, 5) is 21.8. The average molecular weight is 294 g/mol. The van der Waals surface area contributed by atoms with Gasteiger partial charge in [0.2, 0.25) is 5.95 Å². The molecular formula is C17H18N4O. The topological polar surface area (TPSA) is 61.0 Å². The molecule has 1 heterocycles. The van der Waals surface area contributed by atoms with E-state index in [1.165, 1.54) is 0 Å². The number of aryl methyl sites for hydroxylation is 1. The first kappa shape index (κ1) is 14.1. The highest BCUT2D eigenvalue weighted by atomic mass is 16.1. The molecule has 0 saturated heterocycles. The Kier molecular flexibility index (Phi) is 3.55. The summed E-state index contributed by atoms with van der Waals surface area (Å²) >= 11 is 0. The normalized spacial score (nSPS) is 10.7. The van der Waals surface area contributed by atoms with Crippen LogP contribution in [0.15, 0.2) is 42.5 Å². The molecule has 2 N–H and O–H groups in total. The fourth-order valence-corrected chi connectivity index (χ4v) is 2.49. The van der Waals surface area contributed by atoms with Gasteiger partial charge in [0.1, 0.15) is 0 Å². The molecule has 0 atom stereocenters. The molecule has 22 heavy (non-hydrogen) atoms. The van der Waals surface area contributed by atoms with Gasteiger partial charge in [0.15, 0.2) is 0 Å². The van der Waals surface area contributed by atoms with E-state index >= 15 is 0 Å². The van der Waals surface area contributed by atoms with Gasteiger partial charge in [-0.15, -0.1) is 0 Å². The third-order valence-electron chi connectivity index (χ3n) is 3.56. The van der Waals surface area contributed by atoms with Crippen LogP contribution in [0.5, 0.6) is 0 Å². The largest absolute Gasteiger partial charge is 0.377 e. The highest BCUT2D eigenvalue weighted by Crippen LogP contribution is 2.20. The van der Waals surface area contributed by atoms with Gasteiger partial charge in [-0.05, 0) is 42.8 Å². The maximum atomic E-state index is 12.3. The van der Waals surface area contributed by atoms with Crippen molar-refractivity contribution in [2.75, 3.05) is 24.3 Å². The van der Waals surface area contributed by atoms with Gasteiger partial charge in [-0.1, -0.05) is 12.1 Å². The first-order valence-electron chi connectivity index (χ1n) is 7.08. The van der Waals surface area contributed by atoms with Crippen molar-refractivity contribution in [2.45, 2.75) is 6.92 Å². The number of H-pyrrole nitrogens is 1. The van der Waals surface area contributed by atoms with E-state index in [0.717, 1.165) is 22.3 Å². The highest BCUT2D eigenvalue weighted by Gasteiger charge is 2.11. The van der Waals surface area contributed by atoms with Crippen molar-refractivity contribution >= 4 is 28.6 Å². The van der Waals surface area contributed by atoms with Gasteiger partial charge in [-0.3, -0.25) is 10.1 Å². The van der Waals surface area contributed by atoms with E-state index in [1.54, 1.807) is 0 Å². The van der Waals surface area contributed by atoms with Crippen molar-refractivity contribution in [1.29, 1.82) is 0 Å². The lowest BCUT2D eigenvalue weighted by Crippen LogP contribution is -2.15. The van der Waals surface area contributed by atoms with Gasteiger partial charge in [-0.2, -0.15) is 0 Å². The minimum absolute atomic E-state index is 0.174. The monoisotopic (exact) mass is 294 g/mol. The number of fused-ring (bicyclic) bond motifs is 1. The fraction of sp³-hybridized carbons (Fsp3) is 0.176. The fourth-order valence-electron chi connectivity index (χ4n) is 2.49. The maximum Gasteiger partial charge on any atom is 0.257 e. The van der Waals surface area contributed by atoms with E-state index in [0.29, 0.717) is 11.5 Å². The summed E-state index contributed by atoms with van der Waals surface area (Å²) in [7, 11) is 3.97. The molecule has 0 unspecified atom stereocenters. The van der Waals surface area contributed by atoms with Crippen LogP contribution in [0, 0.1) is 6.92 Å². The van der Waals surface area contributed by atoms with Crippen LogP contribution in [0.2, 0.25) is 0 Å². The number of aromatic nitrogens is 2. The summed E-state index contributed by atoms with van der Waals surface area (Å²) in [6.07, 6.45) is 0. The number of imidazole rings is 1. The van der Waals surface area contributed by atoms with Gasteiger partial charge in [0.25, 0.3) is 5.91 Å². The summed E-state index contributed by atoms with van der Waals surface area (Å²) in [5.74, 6) is 0.285. The van der Waals surface area contributed by atoms with Crippen molar-refractivity contribution in [1.82, 2.24) is 9.97 Å². The van der Waals surface area contributed by atoms with E-state index < -0.39 is 0 Å². The molecule has 0 saturated carbocycles. The number of hydrogen-bond donors (Lipinski definition) is 2. The molecule has 0 aliphatic carbocycles. The summed E-state index contributed by atoms with van der Waals surface area (Å²) in [5, 5.41) is 2.80. The minimum atomic E-state index is -0.174. The van der Waals surface area contributed by atoms with Crippen LogP contribution in [0.1, 0.15) is 15.9 Å². The number of benzene rings is 2. The number of aromatic amines is 1. The Balaban J connectivity index is 1.83. The third kappa shape index (κ3) is 2.65. The van der Waals surface area contributed by atoms with Crippen LogP contribution < -0.4 is 10.2 Å². The molecule has 0 radical (unpaired) electrons. The average Bonchev–Trinajstić information content (AvgIpc) is 2.88. The second kappa shape index (κ2) is 5.52. The SMILES string of the molecule is Cc1cc(C(=O)Nc2nc3ccccc3[nH]2)ccc1N(C)C.